The zero-order valence-corrected chi connectivity index (χ0v) is 20.1. The number of rotatable bonds is 8. The third-order valence-corrected chi connectivity index (χ3v) is 7.38. The zero-order valence-electron chi connectivity index (χ0n) is 20.1. The van der Waals surface area contributed by atoms with Gasteiger partial charge >= 0.3 is 0 Å². The summed E-state index contributed by atoms with van der Waals surface area (Å²) in [5.74, 6) is -0.107. The molecule has 8 nitrogen and oxygen atoms in total. The highest BCUT2D eigenvalue weighted by molar-refractivity contribution is 6.00. The van der Waals surface area contributed by atoms with Gasteiger partial charge in [-0.2, -0.15) is 0 Å². The molecule has 0 aliphatic carbocycles. The number of ether oxygens (including phenoxy) is 2. The molecular weight excluding hydrogens is 446 g/mol. The van der Waals surface area contributed by atoms with Crippen molar-refractivity contribution in [2.24, 2.45) is 0 Å². The number of nitrogens with one attached hydrogen (secondary N) is 1. The van der Waals surface area contributed by atoms with Gasteiger partial charge in [-0.15, -0.1) is 0 Å². The van der Waals surface area contributed by atoms with Crippen molar-refractivity contribution in [2.45, 2.75) is 69.8 Å². The normalized spacial score (nSPS) is 24.1. The molecule has 5 rings (SSSR count). The SMILES string of the molecule is CCOc1nc(C(=O)N2C3CCC2COC3)ccc1C(=O)CC[C@@H](O)[C@@H]1Cc2ccccc2CN1. The fraction of sp³-hybridized carbons (Fsp3) is 0.519. The van der Waals surface area contributed by atoms with E-state index in [-0.39, 0.29) is 47.8 Å². The first kappa shape index (κ1) is 23.9. The molecule has 2 saturated heterocycles. The van der Waals surface area contributed by atoms with Crippen LogP contribution in [0.1, 0.15) is 64.6 Å². The van der Waals surface area contributed by atoms with E-state index in [0.717, 1.165) is 19.3 Å². The van der Waals surface area contributed by atoms with Crippen molar-refractivity contribution < 1.29 is 24.2 Å². The van der Waals surface area contributed by atoms with Crippen LogP contribution in [0.5, 0.6) is 5.88 Å². The van der Waals surface area contributed by atoms with E-state index in [9.17, 15) is 14.7 Å². The van der Waals surface area contributed by atoms with Crippen molar-refractivity contribution in [3.05, 3.63) is 58.8 Å². The monoisotopic (exact) mass is 479 g/mol. The first-order valence-corrected chi connectivity index (χ1v) is 12.6. The predicted octanol–water partition coefficient (Wildman–Crippen LogP) is 2.52. The summed E-state index contributed by atoms with van der Waals surface area (Å²) in [7, 11) is 0. The number of amides is 1. The van der Waals surface area contributed by atoms with Crippen LogP contribution in [0, 0.1) is 0 Å². The second-order valence-corrected chi connectivity index (χ2v) is 9.61. The van der Waals surface area contributed by atoms with Crippen molar-refractivity contribution in [1.29, 1.82) is 0 Å². The number of morpholine rings is 1. The first-order valence-electron chi connectivity index (χ1n) is 12.6. The molecular formula is C27H33N3O5. The van der Waals surface area contributed by atoms with Crippen LogP contribution in [0.3, 0.4) is 0 Å². The molecule has 2 unspecified atom stereocenters. The molecule has 1 aromatic carbocycles. The molecule has 0 spiro atoms. The van der Waals surface area contributed by atoms with Crippen molar-refractivity contribution in [1.82, 2.24) is 15.2 Å². The highest BCUT2D eigenvalue weighted by Gasteiger charge is 2.41. The average molecular weight is 480 g/mol. The molecule has 4 atom stereocenters. The maximum absolute atomic E-state index is 13.2. The first-order chi connectivity index (χ1) is 17.0. The molecule has 2 N–H and O–H groups in total. The van der Waals surface area contributed by atoms with E-state index in [1.54, 1.807) is 12.1 Å². The van der Waals surface area contributed by atoms with Crippen molar-refractivity contribution >= 4 is 11.7 Å². The Hall–Kier alpha value is -2.81. The number of Topliss-reactive ketones (excluding diaryl/α,β-unsaturated/α-hetero) is 1. The maximum atomic E-state index is 13.2. The summed E-state index contributed by atoms with van der Waals surface area (Å²) in [6, 6.07) is 11.5. The second-order valence-electron chi connectivity index (χ2n) is 9.61. The van der Waals surface area contributed by atoms with Crippen LogP contribution in [-0.4, -0.2) is 70.7 Å². The molecule has 2 bridgehead atoms. The smallest absolute Gasteiger partial charge is 0.273 e. The Morgan fingerprint density at radius 3 is 2.66 bits per heavy atom. The van der Waals surface area contributed by atoms with Crippen LogP contribution in [0.2, 0.25) is 0 Å². The lowest BCUT2D eigenvalue weighted by molar-refractivity contribution is -0.00750. The van der Waals surface area contributed by atoms with Gasteiger partial charge in [0.25, 0.3) is 5.91 Å². The molecule has 2 aromatic rings. The van der Waals surface area contributed by atoms with Crippen molar-refractivity contribution in [3.63, 3.8) is 0 Å². The van der Waals surface area contributed by atoms with E-state index in [1.807, 2.05) is 24.0 Å². The number of carbonyl (C=O) groups is 2. The molecule has 4 heterocycles. The number of hydrogen-bond acceptors (Lipinski definition) is 7. The fourth-order valence-corrected chi connectivity index (χ4v) is 5.48. The molecule has 3 aliphatic rings. The molecule has 3 aliphatic heterocycles. The molecule has 1 amide bonds. The third kappa shape index (κ3) is 4.96. The van der Waals surface area contributed by atoms with Gasteiger partial charge in [0.15, 0.2) is 5.78 Å². The number of ketones is 1. The maximum Gasteiger partial charge on any atom is 0.273 e. The summed E-state index contributed by atoms with van der Waals surface area (Å²) in [5, 5.41) is 14.1. The molecule has 0 saturated carbocycles. The standard InChI is InChI=1S/C27H33N3O5/c1-2-35-26-21(9-10-22(29-26)27(33)30-19-7-8-20(30)16-34-15-19)24(31)11-12-25(32)23-13-17-5-3-4-6-18(17)14-28-23/h3-6,9-10,19-20,23,25,28,32H,2,7-8,11-16H2,1H3/t19?,20?,23-,25+/m0/s1. The van der Waals surface area contributed by atoms with Gasteiger partial charge in [0.1, 0.15) is 5.69 Å². The Balaban J connectivity index is 1.24. The largest absolute Gasteiger partial charge is 0.477 e. The molecule has 0 radical (unpaired) electrons. The second kappa shape index (κ2) is 10.4. The number of pyridine rings is 1. The van der Waals surface area contributed by atoms with Crippen LogP contribution in [0.15, 0.2) is 36.4 Å². The Labute approximate surface area is 205 Å². The Morgan fingerprint density at radius 2 is 1.91 bits per heavy atom. The van der Waals surface area contributed by atoms with E-state index in [1.165, 1.54) is 11.1 Å². The zero-order chi connectivity index (χ0) is 24.4. The third-order valence-electron chi connectivity index (χ3n) is 7.38. The van der Waals surface area contributed by atoms with E-state index in [2.05, 4.69) is 22.4 Å². The van der Waals surface area contributed by atoms with Crippen LogP contribution >= 0.6 is 0 Å². The van der Waals surface area contributed by atoms with Gasteiger partial charge < -0.3 is 24.8 Å². The van der Waals surface area contributed by atoms with Gasteiger partial charge in [-0.3, -0.25) is 9.59 Å². The number of benzene rings is 1. The Bertz CT molecular complexity index is 1070. The lowest BCUT2D eigenvalue weighted by Gasteiger charge is -2.34. The van der Waals surface area contributed by atoms with Crippen LogP contribution < -0.4 is 10.1 Å². The van der Waals surface area contributed by atoms with Gasteiger partial charge in [-0.05, 0) is 55.9 Å². The minimum Gasteiger partial charge on any atom is -0.477 e. The molecule has 1 aromatic heterocycles. The van der Waals surface area contributed by atoms with E-state index < -0.39 is 6.10 Å². The van der Waals surface area contributed by atoms with Crippen LogP contribution in [0.4, 0.5) is 0 Å². The van der Waals surface area contributed by atoms with E-state index in [4.69, 9.17) is 9.47 Å². The molecule has 35 heavy (non-hydrogen) atoms. The number of aromatic nitrogens is 1. The highest BCUT2D eigenvalue weighted by atomic mass is 16.5. The van der Waals surface area contributed by atoms with Gasteiger partial charge in [0.2, 0.25) is 5.88 Å². The van der Waals surface area contributed by atoms with Gasteiger partial charge in [-0.25, -0.2) is 4.98 Å². The predicted molar refractivity (Wildman–Crippen MR) is 130 cm³/mol. The number of fused-ring (bicyclic) bond motifs is 3. The Morgan fingerprint density at radius 1 is 1.17 bits per heavy atom. The van der Waals surface area contributed by atoms with Crippen molar-refractivity contribution in [2.75, 3.05) is 19.8 Å². The van der Waals surface area contributed by atoms with Gasteiger partial charge in [0.05, 0.1) is 43.6 Å². The summed E-state index contributed by atoms with van der Waals surface area (Å²) in [6.45, 7) is 3.98. The van der Waals surface area contributed by atoms with Gasteiger partial charge in [-0.1, -0.05) is 24.3 Å². The summed E-state index contributed by atoms with van der Waals surface area (Å²) in [6.07, 6.45) is 2.47. The summed E-state index contributed by atoms with van der Waals surface area (Å²) in [5.41, 5.74) is 3.12. The lowest BCUT2D eigenvalue weighted by atomic mass is 9.91. The van der Waals surface area contributed by atoms with Gasteiger partial charge in [0, 0.05) is 19.0 Å². The van der Waals surface area contributed by atoms with Crippen molar-refractivity contribution in [3.8, 4) is 5.88 Å². The highest BCUT2D eigenvalue weighted by Crippen LogP contribution is 2.31. The van der Waals surface area contributed by atoms with E-state index in [0.29, 0.717) is 38.3 Å². The molecule has 8 heteroatoms. The van der Waals surface area contributed by atoms with E-state index >= 15 is 0 Å². The number of carbonyl (C=O) groups excluding carboxylic acids is 2. The average Bonchev–Trinajstić information content (AvgIpc) is 3.14. The summed E-state index contributed by atoms with van der Waals surface area (Å²) < 4.78 is 11.2. The summed E-state index contributed by atoms with van der Waals surface area (Å²) >= 11 is 0. The number of aliphatic hydroxyl groups is 1. The quantitative estimate of drug-likeness (QED) is 0.561. The lowest BCUT2D eigenvalue weighted by Crippen LogP contribution is -2.49. The number of hydrogen-bond donors (Lipinski definition) is 2. The van der Waals surface area contributed by atoms with Crippen LogP contribution in [0.25, 0.3) is 0 Å². The number of nitrogens with zero attached hydrogens (tertiary/aromatic N) is 2. The fourth-order valence-electron chi connectivity index (χ4n) is 5.48. The Kier molecular flexibility index (Phi) is 7.13. The topological polar surface area (TPSA) is 101 Å². The minimum absolute atomic E-state index is 0.0850. The number of aliphatic hydroxyl groups excluding tert-OH is 1. The molecule has 2 fully saturated rings. The minimum atomic E-state index is -0.645. The summed E-state index contributed by atoms with van der Waals surface area (Å²) in [4.78, 5) is 32.6. The molecule has 186 valence electrons. The van der Waals surface area contributed by atoms with Crippen LogP contribution in [-0.2, 0) is 17.7 Å².